The average Bonchev–Trinajstić information content (AvgIpc) is 2.62. The lowest BCUT2D eigenvalue weighted by atomic mass is 9.92. The van der Waals surface area contributed by atoms with Gasteiger partial charge in [-0.3, -0.25) is 0 Å². The fourth-order valence-electron chi connectivity index (χ4n) is 2.28. The lowest BCUT2D eigenvalue weighted by Crippen LogP contribution is -2.31. The minimum absolute atomic E-state index is 0.241. The summed E-state index contributed by atoms with van der Waals surface area (Å²) >= 11 is 1.74. The Morgan fingerprint density at radius 2 is 2.35 bits per heavy atom. The smallest absolute Gasteiger partial charge is 0.168 e. The predicted molar refractivity (Wildman–Crippen MR) is 68.1 cm³/mol. The predicted octanol–water partition coefficient (Wildman–Crippen LogP) is 2.63. The molecule has 0 bridgehead atoms. The number of hydrogen-bond donors (Lipinski definition) is 1. The van der Waals surface area contributed by atoms with Crippen molar-refractivity contribution < 1.29 is 14.2 Å². The molecular weight excluding hydrogens is 239 g/mol. The highest BCUT2D eigenvalue weighted by molar-refractivity contribution is 8.00. The molecule has 1 aromatic carbocycles. The van der Waals surface area contributed by atoms with Gasteiger partial charge < -0.3 is 9.84 Å². The summed E-state index contributed by atoms with van der Waals surface area (Å²) in [5.74, 6) is 0.558. The number of ether oxygens (including phenoxy) is 1. The van der Waals surface area contributed by atoms with E-state index in [0.717, 1.165) is 0 Å². The molecular formula is C13H17FO2S. The highest BCUT2D eigenvalue weighted by Gasteiger charge is 2.36. The first-order valence-electron chi connectivity index (χ1n) is 5.69. The fraction of sp³-hybridized carbons (Fsp3) is 0.538. The summed E-state index contributed by atoms with van der Waals surface area (Å²) in [7, 11) is 1.45. The van der Waals surface area contributed by atoms with Crippen molar-refractivity contribution >= 4 is 11.8 Å². The lowest BCUT2D eigenvalue weighted by Gasteiger charge is -2.22. The maximum atomic E-state index is 14.0. The van der Waals surface area contributed by atoms with E-state index >= 15 is 0 Å². The molecule has 1 aliphatic rings. The van der Waals surface area contributed by atoms with E-state index in [1.165, 1.54) is 7.11 Å². The Morgan fingerprint density at radius 3 is 2.94 bits per heavy atom. The van der Waals surface area contributed by atoms with Gasteiger partial charge in [0.25, 0.3) is 0 Å². The molecule has 0 spiro atoms. The van der Waals surface area contributed by atoms with Crippen molar-refractivity contribution in [1.82, 2.24) is 0 Å². The van der Waals surface area contributed by atoms with Gasteiger partial charge in [0.1, 0.15) is 0 Å². The van der Waals surface area contributed by atoms with Crippen molar-refractivity contribution in [3.63, 3.8) is 0 Å². The third kappa shape index (κ3) is 2.75. The van der Waals surface area contributed by atoms with Crippen LogP contribution in [0, 0.1) is 5.82 Å². The molecule has 0 amide bonds. The molecule has 1 heterocycles. The van der Waals surface area contributed by atoms with Gasteiger partial charge in [0.15, 0.2) is 11.6 Å². The van der Waals surface area contributed by atoms with E-state index in [1.807, 2.05) is 0 Å². The minimum atomic E-state index is -0.780. The first-order valence-corrected chi connectivity index (χ1v) is 6.74. The molecule has 17 heavy (non-hydrogen) atoms. The second-order valence-corrected chi connectivity index (χ2v) is 6.09. The van der Waals surface area contributed by atoms with Gasteiger partial charge in [0.2, 0.25) is 0 Å². The highest BCUT2D eigenvalue weighted by atomic mass is 32.2. The van der Waals surface area contributed by atoms with Gasteiger partial charge >= 0.3 is 0 Å². The third-order valence-corrected chi connectivity index (χ3v) is 4.53. The Morgan fingerprint density at radius 1 is 1.59 bits per heavy atom. The van der Waals surface area contributed by atoms with Crippen LogP contribution in [-0.2, 0) is 6.42 Å². The summed E-state index contributed by atoms with van der Waals surface area (Å²) in [6.45, 7) is 2.09. The lowest BCUT2D eigenvalue weighted by molar-refractivity contribution is 0.0632. The molecule has 0 aromatic heterocycles. The van der Waals surface area contributed by atoms with Gasteiger partial charge in [-0.15, -0.1) is 0 Å². The second kappa shape index (κ2) is 4.86. The summed E-state index contributed by atoms with van der Waals surface area (Å²) < 4.78 is 18.9. The molecule has 2 atom stereocenters. The fourth-order valence-corrected chi connectivity index (χ4v) is 3.52. The average molecular weight is 256 g/mol. The summed E-state index contributed by atoms with van der Waals surface area (Å²) in [5.41, 5.74) is -0.251. The molecule has 4 heteroatoms. The van der Waals surface area contributed by atoms with Gasteiger partial charge in [-0.1, -0.05) is 19.1 Å². The molecule has 1 fully saturated rings. The zero-order valence-corrected chi connectivity index (χ0v) is 10.9. The van der Waals surface area contributed by atoms with Crippen LogP contribution in [0.5, 0.6) is 5.75 Å². The van der Waals surface area contributed by atoms with Crippen LogP contribution in [0.25, 0.3) is 0 Å². The Bertz CT molecular complexity index is 410. The number of thioether (sulfide) groups is 1. The van der Waals surface area contributed by atoms with Crippen molar-refractivity contribution in [2.45, 2.75) is 30.6 Å². The van der Waals surface area contributed by atoms with Crippen molar-refractivity contribution in [1.29, 1.82) is 0 Å². The monoisotopic (exact) mass is 256 g/mol. The Balaban J connectivity index is 2.19. The molecule has 1 saturated heterocycles. The molecule has 1 aromatic rings. The molecule has 2 rings (SSSR count). The van der Waals surface area contributed by atoms with Crippen LogP contribution in [0.2, 0.25) is 0 Å². The Labute approximate surface area is 105 Å². The second-order valence-electron chi connectivity index (χ2n) is 4.66. The van der Waals surface area contributed by atoms with E-state index in [-0.39, 0.29) is 11.6 Å². The number of methoxy groups -OCH3 is 1. The van der Waals surface area contributed by atoms with Gasteiger partial charge in [0, 0.05) is 17.4 Å². The molecule has 0 aliphatic carbocycles. The van der Waals surface area contributed by atoms with Crippen LogP contribution in [0.15, 0.2) is 18.2 Å². The van der Waals surface area contributed by atoms with Crippen molar-refractivity contribution in [2.24, 2.45) is 0 Å². The SMILES string of the molecule is COc1cccc(CC2(O)CSC(C)C2)c1F. The van der Waals surface area contributed by atoms with Crippen molar-refractivity contribution in [3.8, 4) is 5.75 Å². The molecule has 94 valence electrons. The largest absolute Gasteiger partial charge is 0.494 e. The van der Waals surface area contributed by atoms with Crippen LogP contribution in [0.3, 0.4) is 0 Å². The van der Waals surface area contributed by atoms with E-state index < -0.39 is 5.60 Å². The minimum Gasteiger partial charge on any atom is -0.494 e. The summed E-state index contributed by atoms with van der Waals surface area (Å²) in [6, 6.07) is 5.06. The standard InChI is InChI=1S/C13H17FO2S/c1-9-6-13(15,8-17-9)7-10-4-3-5-11(16-2)12(10)14/h3-5,9,15H,6-8H2,1-2H3. The van der Waals surface area contributed by atoms with E-state index in [2.05, 4.69) is 6.92 Å². The van der Waals surface area contributed by atoms with Gasteiger partial charge in [0.05, 0.1) is 12.7 Å². The van der Waals surface area contributed by atoms with Crippen LogP contribution >= 0.6 is 11.8 Å². The summed E-state index contributed by atoms with van der Waals surface area (Å²) in [6.07, 6.45) is 1.07. The van der Waals surface area contributed by atoms with Crippen LogP contribution in [0.4, 0.5) is 4.39 Å². The maximum Gasteiger partial charge on any atom is 0.168 e. The van der Waals surface area contributed by atoms with E-state index in [4.69, 9.17) is 4.74 Å². The third-order valence-electron chi connectivity index (χ3n) is 3.09. The number of rotatable bonds is 3. The topological polar surface area (TPSA) is 29.5 Å². The summed E-state index contributed by atoms with van der Waals surface area (Å²) in [4.78, 5) is 0. The molecule has 0 saturated carbocycles. The van der Waals surface area contributed by atoms with Gasteiger partial charge in [-0.05, 0) is 18.1 Å². The van der Waals surface area contributed by atoms with E-state index in [9.17, 15) is 9.50 Å². The molecule has 2 unspecified atom stereocenters. The Hall–Kier alpha value is -0.740. The quantitative estimate of drug-likeness (QED) is 0.901. The molecule has 1 N–H and O–H groups in total. The normalized spacial score (nSPS) is 28.4. The van der Waals surface area contributed by atoms with Crippen molar-refractivity contribution in [2.75, 3.05) is 12.9 Å². The number of benzene rings is 1. The summed E-state index contributed by atoms with van der Waals surface area (Å²) in [5, 5.41) is 10.8. The van der Waals surface area contributed by atoms with Crippen molar-refractivity contribution in [3.05, 3.63) is 29.6 Å². The van der Waals surface area contributed by atoms with Crippen LogP contribution in [-0.4, -0.2) is 28.8 Å². The molecule has 1 aliphatic heterocycles. The number of hydrogen-bond acceptors (Lipinski definition) is 3. The van der Waals surface area contributed by atoms with E-state index in [0.29, 0.717) is 29.4 Å². The van der Waals surface area contributed by atoms with E-state index in [1.54, 1.807) is 30.0 Å². The zero-order valence-electron chi connectivity index (χ0n) is 10.1. The first-order chi connectivity index (χ1) is 8.04. The number of halogens is 1. The molecule has 0 radical (unpaired) electrons. The van der Waals surface area contributed by atoms with Gasteiger partial charge in [-0.25, -0.2) is 4.39 Å². The molecule has 2 nitrogen and oxygen atoms in total. The van der Waals surface area contributed by atoms with Gasteiger partial charge in [-0.2, -0.15) is 11.8 Å². The Kier molecular flexibility index (Phi) is 3.64. The highest BCUT2D eigenvalue weighted by Crippen LogP contribution is 2.37. The number of aliphatic hydroxyl groups is 1. The van der Waals surface area contributed by atoms with Crippen LogP contribution in [0.1, 0.15) is 18.9 Å². The maximum absolute atomic E-state index is 14.0. The first kappa shape index (κ1) is 12.7. The van der Waals surface area contributed by atoms with Crippen LogP contribution < -0.4 is 4.74 Å². The zero-order chi connectivity index (χ0) is 12.5.